The highest BCUT2D eigenvalue weighted by Crippen LogP contribution is 1.87. The van der Waals surface area contributed by atoms with Crippen molar-refractivity contribution in [3.63, 3.8) is 0 Å². The zero-order valence-corrected chi connectivity index (χ0v) is 5.97. The van der Waals surface area contributed by atoms with Crippen molar-refractivity contribution >= 4 is 23.8 Å². The van der Waals surface area contributed by atoms with Gasteiger partial charge in [-0.15, -0.1) is 6.58 Å². The van der Waals surface area contributed by atoms with Crippen molar-refractivity contribution in [2.75, 3.05) is 0 Å². The van der Waals surface area contributed by atoms with Gasteiger partial charge in [0.2, 0.25) is 0 Å². The molecule has 1 amide bonds. The van der Waals surface area contributed by atoms with Gasteiger partial charge in [0.1, 0.15) is 6.04 Å². The van der Waals surface area contributed by atoms with E-state index in [1.165, 1.54) is 0 Å². The van der Waals surface area contributed by atoms with E-state index in [2.05, 4.69) is 19.2 Å². The molecule has 1 unspecified atom stereocenters. The van der Waals surface area contributed by atoms with E-state index < -0.39 is 17.3 Å². The minimum Gasteiger partial charge on any atom is -0.479 e. The first-order valence-electron chi connectivity index (χ1n) is 2.42. The maximum Gasteiger partial charge on any atom is 0.330 e. The second kappa shape index (κ2) is 3.94. The van der Waals surface area contributed by atoms with E-state index in [0.717, 1.165) is 6.08 Å². The fourth-order valence-corrected chi connectivity index (χ4v) is 0.494. The van der Waals surface area contributed by atoms with Crippen LogP contribution in [-0.2, 0) is 4.79 Å². The van der Waals surface area contributed by atoms with Gasteiger partial charge in [-0.05, 0) is 0 Å². The molecule has 0 aliphatic rings. The summed E-state index contributed by atoms with van der Waals surface area (Å²) in [5, 5.41) is 9.65. The number of carbonyl (C=O) groups is 2. The van der Waals surface area contributed by atoms with Crippen LogP contribution in [0.4, 0.5) is 4.79 Å². The molecule has 56 valence electrons. The molecule has 0 bridgehead atoms. The van der Waals surface area contributed by atoms with Crippen LogP contribution in [0.2, 0.25) is 0 Å². The number of aliphatic carboxylic acids is 1. The number of rotatable bonds is 3. The van der Waals surface area contributed by atoms with Crippen molar-refractivity contribution in [1.82, 2.24) is 5.32 Å². The van der Waals surface area contributed by atoms with Crippen molar-refractivity contribution in [3.8, 4) is 0 Å². The minimum absolute atomic E-state index is 0.688. The lowest BCUT2D eigenvalue weighted by atomic mass is 10.3. The topological polar surface area (TPSA) is 66.4 Å². The first-order valence-corrected chi connectivity index (χ1v) is 2.87. The van der Waals surface area contributed by atoms with Gasteiger partial charge in [-0.1, -0.05) is 18.7 Å². The van der Waals surface area contributed by atoms with Crippen molar-refractivity contribution in [3.05, 3.63) is 12.7 Å². The Hall–Kier alpha value is -0.970. The largest absolute Gasteiger partial charge is 0.479 e. The average Bonchev–Trinajstić information content (AvgIpc) is 1.81. The quantitative estimate of drug-likeness (QED) is 0.411. The van der Waals surface area contributed by atoms with E-state index in [9.17, 15) is 9.59 Å². The Balaban J connectivity index is 3.96. The third-order valence-electron chi connectivity index (χ3n) is 0.781. The Kier molecular flexibility index (Phi) is 3.56. The van der Waals surface area contributed by atoms with Gasteiger partial charge < -0.3 is 10.4 Å². The standard InChI is InChI=1S/C5H7NO3S/c1-2-3(4(7)8)6-5(9)10/h2-3H,1H2,(H,7,8)(H2,6,9,10). The molecule has 0 radical (unpaired) electrons. The number of carbonyl (C=O) groups excluding carboxylic acids is 1. The lowest BCUT2D eigenvalue weighted by Gasteiger charge is -2.05. The molecule has 0 heterocycles. The summed E-state index contributed by atoms with van der Waals surface area (Å²) in [6.45, 7) is 3.21. The van der Waals surface area contributed by atoms with Crippen LogP contribution in [0, 0.1) is 0 Å². The van der Waals surface area contributed by atoms with Crippen molar-refractivity contribution in [2.45, 2.75) is 6.04 Å². The molecule has 0 saturated heterocycles. The van der Waals surface area contributed by atoms with Crippen molar-refractivity contribution in [2.24, 2.45) is 0 Å². The van der Waals surface area contributed by atoms with Gasteiger partial charge in [-0.25, -0.2) is 4.79 Å². The first kappa shape index (κ1) is 9.03. The highest BCUT2D eigenvalue weighted by molar-refractivity contribution is 7.96. The molecule has 0 aromatic rings. The van der Waals surface area contributed by atoms with E-state index in [1.54, 1.807) is 0 Å². The van der Waals surface area contributed by atoms with Crippen LogP contribution < -0.4 is 5.32 Å². The van der Waals surface area contributed by atoms with E-state index in [-0.39, 0.29) is 0 Å². The molecule has 0 aliphatic heterocycles. The van der Waals surface area contributed by atoms with E-state index in [1.807, 2.05) is 5.32 Å². The van der Waals surface area contributed by atoms with Gasteiger partial charge in [0.05, 0.1) is 0 Å². The number of nitrogens with one attached hydrogen (secondary N) is 1. The third kappa shape index (κ3) is 3.13. The van der Waals surface area contributed by atoms with Crippen LogP contribution >= 0.6 is 12.6 Å². The predicted molar refractivity (Wildman–Crippen MR) is 39.1 cm³/mol. The van der Waals surface area contributed by atoms with Gasteiger partial charge in [0.25, 0.3) is 5.24 Å². The molecule has 0 aromatic heterocycles. The van der Waals surface area contributed by atoms with Crippen LogP contribution in [0.1, 0.15) is 0 Å². The lowest BCUT2D eigenvalue weighted by Crippen LogP contribution is -2.36. The Bertz CT molecular complexity index is 168. The summed E-state index contributed by atoms with van der Waals surface area (Å²) in [7, 11) is 0. The smallest absolute Gasteiger partial charge is 0.330 e. The molecular formula is C5H7NO3S. The van der Waals surface area contributed by atoms with Gasteiger partial charge in [0, 0.05) is 0 Å². The molecule has 4 nitrogen and oxygen atoms in total. The Morgan fingerprint density at radius 1 is 1.70 bits per heavy atom. The summed E-state index contributed by atoms with van der Waals surface area (Å²) in [5.41, 5.74) is 0. The molecule has 0 fully saturated rings. The van der Waals surface area contributed by atoms with E-state index in [4.69, 9.17) is 5.11 Å². The van der Waals surface area contributed by atoms with Gasteiger partial charge in [-0.2, -0.15) is 0 Å². The number of carboxylic acids is 1. The molecule has 0 aromatic carbocycles. The SMILES string of the molecule is C=CC(NC(=O)S)C(=O)O. The van der Waals surface area contributed by atoms with E-state index in [0.29, 0.717) is 0 Å². The highest BCUT2D eigenvalue weighted by atomic mass is 32.1. The molecule has 10 heavy (non-hydrogen) atoms. The molecule has 2 N–H and O–H groups in total. The van der Waals surface area contributed by atoms with Gasteiger partial charge >= 0.3 is 5.97 Å². The van der Waals surface area contributed by atoms with Crippen molar-refractivity contribution in [1.29, 1.82) is 0 Å². The molecule has 5 heteroatoms. The number of carboxylic acid groups (broad SMARTS) is 1. The summed E-state index contributed by atoms with van der Waals surface area (Å²) in [6, 6.07) is -1.05. The highest BCUT2D eigenvalue weighted by Gasteiger charge is 2.12. The molecule has 1 atom stereocenters. The maximum absolute atomic E-state index is 10.2. The molecule has 0 spiro atoms. The number of hydrogen-bond donors (Lipinski definition) is 3. The fraction of sp³-hybridized carbons (Fsp3) is 0.200. The zero-order valence-electron chi connectivity index (χ0n) is 5.07. The van der Waals surface area contributed by atoms with Crippen LogP contribution in [0.3, 0.4) is 0 Å². The normalized spacial score (nSPS) is 11.7. The van der Waals surface area contributed by atoms with Crippen molar-refractivity contribution < 1.29 is 14.7 Å². The Labute approximate surface area is 63.3 Å². The number of thiol groups is 1. The van der Waals surface area contributed by atoms with Crippen LogP contribution in [0.5, 0.6) is 0 Å². The fourth-order valence-electron chi connectivity index (χ4n) is 0.355. The molecule has 0 saturated carbocycles. The molecule has 0 rings (SSSR count). The zero-order chi connectivity index (χ0) is 8.15. The van der Waals surface area contributed by atoms with Gasteiger partial charge in [0.15, 0.2) is 0 Å². The lowest BCUT2D eigenvalue weighted by molar-refractivity contribution is -0.137. The summed E-state index contributed by atoms with van der Waals surface area (Å²) < 4.78 is 0. The van der Waals surface area contributed by atoms with Crippen LogP contribution in [0.15, 0.2) is 12.7 Å². The molecular weight excluding hydrogens is 154 g/mol. The van der Waals surface area contributed by atoms with Crippen LogP contribution in [0.25, 0.3) is 0 Å². The first-order chi connectivity index (χ1) is 4.57. The Morgan fingerprint density at radius 2 is 2.20 bits per heavy atom. The second-order valence-electron chi connectivity index (χ2n) is 1.50. The van der Waals surface area contributed by atoms with Gasteiger partial charge in [-0.3, -0.25) is 4.79 Å². The predicted octanol–water partition coefficient (Wildman–Crippen LogP) is 0.265. The van der Waals surface area contributed by atoms with E-state index >= 15 is 0 Å². The summed E-state index contributed by atoms with van der Waals surface area (Å²) in [5.74, 6) is -1.16. The summed E-state index contributed by atoms with van der Waals surface area (Å²) >= 11 is 3.32. The number of hydrogen-bond acceptors (Lipinski definition) is 2. The summed E-state index contributed by atoms with van der Waals surface area (Å²) in [6.07, 6.45) is 1.11. The Morgan fingerprint density at radius 3 is 2.30 bits per heavy atom. The second-order valence-corrected chi connectivity index (χ2v) is 1.91. The minimum atomic E-state index is -1.16. The number of amides is 1. The van der Waals surface area contributed by atoms with Crippen LogP contribution in [-0.4, -0.2) is 22.4 Å². The third-order valence-corrected chi connectivity index (χ3v) is 0.910. The monoisotopic (exact) mass is 161 g/mol. The average molecular weight is 161 g/mol. The summed E-state index contributed by atoms with van der Waals surface area (Å²) in [4.78, 5) is 20.3. The molecule has 0 aliphatic carbocycles. The maximum atomic E-state index is 10.2.